The molecule has 1 aliphatic rings. The Morgan fingerprint density at radius 1 is 1.29 bits per heavy atom. The SMILES string of the molecule is CCNC(=O)N1CCN(C(CC)CCN)CC1. The number of carbonyl (C=O) groups excluding carboxylic acids is 1. The Morgan fingerprint density at radius 3 is 2.41 bits per heavy atom. The molecule has 0 radical (unpaired) electrons. The Kier molecular flexibility index (Phi) is 6.29. The molecule has 1 heterocycles. The summed E-state index contributed by atoms with van der Waals surface area (Å²) >= 11 is 0. The van der Waals surface area contributed by atoms with Crippen LogP contribution < -0.4 is 11.1 Å². The monoisotopic (exact) mass is 242 g/mol. The molecule has 0 aromatic heterocycles. The summed E-state index contributed by atoms with van der Waals surface area (Å²) in [6, 6.07) is 0.649. The van der Waals surface area contributed by atoms with Crippen molar-refractivity contribution in [1.29, 1.82) is 0 Å². The number of nitrogens with one attached hydrogen (secondary N) is 1. The number of hydrogen-bond acceptors (Lipinski definition) is 3. The van der Waals surface area contributed by atoms with Gasteiger partial charge in [-0.1, -0.05) is 6.92 Å². The molecule has 3 N–H and O–H groups in total. The molecule has 0 aliphatic carbocycles. The average molecular weight is 242 g/mol. The first-order chi connectivity index (χ1) is 8.22. The lowest BCUT2D eigenvalue weighted by Gasteiger charge is -2.39. The van der Waals surface area contributed by atoms with E-state index in [1.807, 2.05) is 11.8 Å². The summed E-state index contributed by atoms with van der Waals surface area (Å²) in [6.07, 6.45) is 2.19. The van der Waals surface area contributed by atoms with Crippen molar-refractivity contribution in [2.24, 2.45) is 5.73 Å². The molecule has 2 amide bonds. The van der Waals surface area contributed by atoms with E-state index in [2.05, 4.69) is 17.1 Å². The van der Waals surface area contributed by atoms with Gasteiger partial charge in [0.15, 0.2) is 0 Å². The highest BCUT2D eigenvalue weighted by atomic mass is 16.2. The van der Waals surface area contributed by atoms with Crippen LogP contribution in [0.3, 0.4) is 0 Å². The van der Waals surface area contributed by atoms with Crippen LogP contribution in [0.4, 0.5) is 4.79 Å². The summed E-state index contributed by atoms with van der Waals surface area (Å²) in [6.45, 7) is 9.18. The Hall–Kier alpha value is -0.810. The van der Waals surface area contributed by atoms with E-state index in [1.165, 1.54) is 0 Å². The van der Waals surface area contributed by atoms with Crippen molar-refractivity contribution in [3.8, 4) is 0 Å². The molecule has 0 aromatic rings. The van der Waals surface area contributed by atoms with Crippen LogP contribution in [-0.4, -0.2) is 61.1 Å². The van der Waals surface area contributed by atoms with Gasteiger partial charge in [0.1, 0.15) is 0 Å². The van der Waals surface area contributed by atoms with Gasteiger partial charge in [-0.05, 0) is 26.3 Å². The molecule has 1 unspecified atom stereocenters. The second-order valence-corrected chi connectivity index (χ2v) is 4.50. The van der Waals surface area contributed by atoms with Crippen molar-refractivity contribution in [3.05, 3.63) is 0 Å². The highest BCUT2D eigenvalue weighted by Crippen LogP contribution is 2.11. The number of nitrogens with zero attached hydrogens (tertiary/aromatic N) is 2. The van der Waals surface area contributed by atoms with Crippen molar-refractivity contribution in [3.63, 3.8) is 0 Å². The summed E-state index contributed by atoms with van der Waals surface area (Å²) in [5, 5.41) is 2.85. The second-order valence-electron chi connectivity index (χ2n) is 4.50. The fraction of sp³-hybridized carbons (Fsp3) is 0.917. The third-order valence-corrected chi connectivity index (χ3v) is 3.42. The topological polar surface area (TPSA) is 61.6 Å². The predicted octanol–water partition coefficient (Wildman–Crippen LogP) is 0.461. The van der Waals surface area contributed by atoms with Gasteiger partial charge in [-0.3, -0.25) is 4.90 Å². The minimum Gasteiger partial charge on any atom is -0.338 e. The Bertz CT molecular complexity index is 227. The summed E-state index contributed by atoms with van der Waals surface area (Å²) < 4.78 is 0. The maximum atomic E-state index is 11.6. The molecule has 100 valence electrons. The lowest BCUT2D eigenvalue weighted by Crippen LogP contribution is -2.54. The van der Waals surface area contributed by atoms with Crippen LogP contribution in [0.2, 0.25) is 0 Å². The van der Waals surface area contributed by atoms with Gasteiger partial charge in [0.2, 0.25) is 0 Å². The van der Waals surface area contributed by atoms with Crippen LogP contribution in [0.15, 0.2) is 0 Å². The number of carbonyl (C=O) groups is 1. The lowest BCUT2D eigenvalue weighted by atomic mass is 10.1. The molecule has 17 heavy (non-hydrogen) atoms. The van der Waals surface area contributed by atoms with Crippen LogP contribution >= 0.6 is 0 Å². The summed E-state index contributed by atoms with van der Waals surface area (Å²) in [5.41, 5.74) is 5.63. The van der Waals surface area contributed by atoms with Gasteiger partial charge in [0.25, 0.3) is 0 Å². The number of amides is 2. The van der Waals surface area contributed by atoms with Gasteiger partial charge in [-0.25, -0.2) is 4.79 Å². The van der Waals surface area contributed by atoms with Crippen LogP contribution in [0, 0.1) is 0 Å². The molecule has 0 spiro atoms. The fourth-order valence-electron chi connectivity index (χ4n) is 2.39. The number of piperazine rings is 1. The first-order valence-corrected chi connectivity index (χ1v) is 6.69. The first kappa shape index (κ1) is 14.3. The first-order valence-electron chi connectivity index (χ1n) is 6.69. The smallest absolute Gasteiger partial charge is 0.317 e. The number of urea groups is 1. The molecule has 1 atom stereocenters. The Labute approximate surface area is 104 Å². The molecule has 0 saturated carbocycles. The lowest BCUT2D eigenvalue weighted by molar-refractivity contribution is 0.103. The van der Waals surface area contributed by atoms with Gasteiger partial charge in [-0.2, -0.15) is 0 Å². The van der Waals surface area contributed by atoms with Crippen LogP contribution in [0.5, 0.6) is 0 Å². The Morgan fingerprint density at radius 2 is 1.94 bits per heavy atom. The third kappa shape index (κ3) is 4.16. The van der Waals surface area contributed by atoms with Gasteiger partial charge < -0.3 is 16.0 Å². The maximum Gasteiger partial charge on any atom is 0.317 e. The zero-order valence-corrected chi connectivity index (χ0v) is 11.1. The highest BCUT2D eigenvalue weighted by Gasteiger charge is 2.24. The van der Waals surface area contributed by atoms with E-state index in [9.17, 15) is 4.79 Å². The van der Waals surface area contributed by atoms with E-state index >= 15 is 0 Å². The van der Waals surface area contributed by atoms with Crippen molar-refractivity contribution in [2.75, 3.05) is 39.3 Å². The highest BCUT2D eigenvalue weighted by molar-refractivity contribution is 5.74. The molecule has 1 fully saturated rings. The normalized spacial score (nSPS) is 19.1. The van der Waals surface area contributed by atoms with Crippen molar-refractivity contribution in [1.82, 2.24) is 15.1 Å². The molecule has 1 rings (SSSR count). The van der Waals surface area contributed by atoms with E-state index in [-0.39, 0.29) is 6.03 Å². The van der Waals surface area contributed by atoms with Gasteiger partial charge in [0, 0.05) is 38.8 Å². The van der Waals surface area contributed by atoms with E-state index in [0.717, 1.165) is 45.6 Å². The van der Waals surface area contributed by atoms with Crippen molar-refractivity contribution < 1.29 is 4.79 Å². The number of hydrogen-bond donors (Lipinski definition) is 2. The zero-order chi connectivity index (χ0) is 12.7. The van der Waals surface area contributed by atoms with Crippen LogP contribution in [0.1, 0.15) is 26.7 Å². The van der Waals surface area contributed by atoms with Gasteiger partial charge >= 0.3 is 6.03 Å². The van der Waals surface area contributed by atoms with Crippen molar-refractivity contribution >= 4 is 6.03 Å². The Balaban J connectivity index is 2.36. The molecule has 5 heteroatoms. The second kappa shape index (κ2) is 7.50. The molecular formula is C12H26N4O. The molecule has 1 saturated heterocycles. The summed E-state index contributed by atoms with van der Waals surface area (Å²) in [4.78, 5) is 16.0. The van der Waals surface area contributed by atoms with Gasteiger partial charge in [-0.15, -0.1) is 0 Å². The van der Waals surface area contributed by atoms with E-state index in [4.69, 9.17) is 5.73 Å². The molecule has 0 bridgehead atoms. The maximum absolute atomic E-state index is 11.6. The predicted molar refractivity (Wildman–Crippen MR) is 70.0 cm³/mol. The molecule has 5 nitrogen and oxygen atoms in total. The zero-order valence-electron chi connectivity index (χ0n) is 11.1. The van der Waals surface area contributed by atoms with E-state index in [0.29, 0.717) is 12.6 Å². The van der Waals surface area contributed by atoms with Crippen LogP contribution in [0.25, 0.3) is 0 Å². The van der Waals surface area contributed by atoms with Crippen molar-refractivity contribution in [2.45, 2.75) is 32.7 Å². The quantitative estimate of drug-likeness (QED) is 0.736. The van der Waals surface area contributed by atoms with Crippen LogP contribution in [-0.2, 0) is 0 Å². The number of rotatable bonds is 5. The average Bonchev–Trinajstić information content (AvgIpc) is 2.36. The molecule has 0 aromatic carbocycles. The standard InChI is InChI=1S/C12H26N4O/c1-3-11(5-6-13)15-7-9-16(10-8-15)12(17)14-4-2/h11H,3-10,13H2,1-2H3,(H,14,17). The van der Waals surface area contributed by atoms with Gasteiger partial charge in [0.05, 0.1) is 0 Å². The summed E-state index contributed by atoms with van der Waals surface area (Å²) in [5.74, 6) is 0. The molecule has 1 aliphatic heterocycles. The largest absolute Gasteiger partial charge is 0.338 e. The fourth-order valence-corrected chi connectivity index (χ4v) is 2.39. The minimum atomic E-state index is 0.0685. The number of nitrogens with two attached hydrogens (primary N) is 1. The summed E-state index contributed by atoms with van der Waals surface area (Å²) in [7, 11) is 0. The van der Waals surface area contributed by atoms with E-state index < -0.39 is 0 Å². The van der Waals surface area contributed by atoms with E-state index in [1.54, 1.807) is 0 Å². The third-order valence-electron chi connectivity index (χ3n) is 3.42. The minimum absolute atomic E-state index is 0.0685. The molecular weight excluding hydrogens is 216 g/mol.